The molecule has 0 radical (unpaired) electrons. The average molecular weight is 295 g/mol. The number of rotatable bonds is 4. The zero-order valence-electron chi connectivity index (χ0n) is 10.8. The maximum atomic E-state index is 5.86. The van der Waals surface area contributed by atoms with Crippen LogP contribution in [0, 0.1) is 6.92 Å². The van der Waals surface area contributed by atoms with E-state index in [9.17, 15) is 0 Å². The molecule has 1 aromatic carbocycles. The molecule has 1 heterocycles. The molecule has 1 aromatic heterocycles. The zero-order chi connectivity index (χ0) is 14.0. The fourth-order valence-electron chi connectivity index (χ4n) is 1.94. The van der Waals surface area contributed by atoms with Crippen molar-refractivity contribution in [1.82, 2.24) is 9.78 Å². The summed E-state index contributed by atoms with van der Waals surface area (Å²) >= 11 is 10.9. The highest BCUT2D eigenvalue weighted by Gasteiger charge is 2.14. The van der Waals surface area contributed by atoms with Gasteiger partial charge in [0.25, 0.3) is 0 Å². The Bertz CT molecular complexity index is 604. The number of aryl methyl sites for hydroxylation is 2. The van der Waals surface area contributed by atoms with Crippen LogP contribution in [-0.2, 0) is 13.6 Å². The Kier molecular flexibility index (Phi) is 4.07. The summed E-state index contributed by atoms with van der Waals surface area (Å²) in [4.78, 5) is 0.351. The SMILES string of the molecule is Cc1nn(C)c(NCc2ccc(Cl)cc2)c1C(N)=S. The van der Waals surface area contributed by atoms with Crippen molar-refractivity contribution in [2.75, 3.05) is 5.32 Å². The molecule has 0 aliphatic carbocycles. The summed E-state index contributed by atoms with van der Waals surface area (Å²) in [5, 5.41) is 8.36. The molecule has 2 aromatic rings. The number of benzene rings is 1. The van der Waals surface area contributed by atoms with E-state index < -0.39 is 0 Å². The first-order chi connectivity index (χ1) is 8.99. The Morgan fingerprint density at radius 1 is 1.42 bits per heavy atom. The van der Waals surface area contributed by atoms with Gasteiger partial charge in [-0.1, -0.05) is 36.0 Å². The fourth-order valence-corrected chi connectivity index (χ4v) is 2.31. The Balaban J connectivity index is 2.20. The molecule has 0 aliphatic heterocycles. The highest BCUT2D eigenvalue weighted by molar-refractivity contribution is 7.80. The molecule has 0 saturated heterocycles. The number of halogens is 1. The minimum atomic E-state index is 0.351. The van der Waals surface area contributed by atoms with Crippen molar-refractivity contribution in [3.05, 3.63) is 46.1 Å². The third kappa shape index (κ3) is 3.05. The van der Waals surface area contributed by atoms with E-state index >= 15 is 0 Å². The van der Waals surface area contributed by atoms with Gasteiger partial charge in [0.05, 0.1) is 11.3 Å². The summed E-state index contributed by atoms with van der Waals surface area (Å²) in [6.45, 7) is 2.55. The average Bonchev–Trinajstić information content (AvgIpc) is 2.63. The van der Waals surface area contributed by atoms with E-state index in [1.807, 2.05) is 38.2 Å². The predicted octanol–water partition coefficient (Wildman–Crippen LogP) is 2.63. The van der Waals surface area contributed by atoms with Crippen LogP contribution in [0.25, 0.3) is 0 Å². The number of hydrogen-bond donors (Lipinski definition) is 2. The van der Waals surface area contributed by atoms with Crippen LogP contribution in [0.15, 0.2) is 24.3 Å². The number of nitrogens with zero attached hydrogens (tertiary/aromatic N) is 2. The van der Waals surface area contributed by atoms with E-state index in [0.29, 0.717) is 11.5 Å². The molecule has 19 heavy (non-hydrogen) atoms. The zero-order valence-corrected chi connectivity index (χ0v) is 12.3. The first-order valence-electron chi connectivity index (χ1n) is 5.80. The predicted molar refractivity (Wildman–Crippen MR) is 82.6 cm³/mol. The summed E-state index contributed by atoms with van der Waals surface area (Å²) in [7, 11) is 1.86. The van der Waals surface area contributed by atoms with E-state index in [1.54, 1.807) is 4.68 Å². The topological polar surface area (TPSA) is 55.9 Å². The van der Waals surface area contributed by atoms with Crippen LogP contribution in [-0.4, -0.2) is 14.8 Å². The molecule has 2 rings (SSSR count). The second kappa shape index (κ2) is 5.59. The van der Waals surface area contributed by atoms with Crippen molar-refractivity contribution in [3.8, 4) is 0 Å². The van der Waals surface area contributed by atoms with Gasteiger partial charge in [-0.3, -0.25) is 4.68 Å². The summed E-state index contributed by atoms with van der Waals surface area (Å²) < 4.78 is 1.75. The summed E-state index contributed by atoms with van der Waals surface area (Å²) in [6, 6.07) is 7.67. The Morgan fingerprint density at radius 2 is 2.05 bits per heavy atom. The first-order valence-corrected chi connectivity index (χ1v) is 6.59. The molecule has 0 unspecified atom stereocenters. The Hall–Kier alpha value is -1.59. The van der Waals surface area contributed by atoms with E-state index in [2.05, 4.69) is 10.4 Å². The van der Waals surface area contributed by atoms with Gasteiger partial charge in [-0.15, -0.1) is 0 Å². The quantitative estimate of drug-likeness (QED) is 0.851. The van der Waals surface area contributed by atoms with Gasteiger partial charge in [0.15, 0.2) is 0 Å². The Morgan fingerprint density at radius 3 is 2.63 bits per heavy atom. The van der Waals surface area contributed by atoms with Gasteiger partial charge in [0, 0.05) is 18.6 Å². The van der Waals surface area contributed by atoms with Crippen molar-refractivity contribution < 1.29 is 0 Å². The number of hydrogen-bond acceptors (Lipinski definition) is 3. The molecule has 0 fully saturated rings. The minimum absolute atomic E-state index is 0.351. The standard InChI is InChI=1S/C13H15ClN4S/c1-8-11(12(15)19)13(18(2)17-8)16-7-9-3-5-10(14)6-4-9/h3-6,16H,7H2,1-2H3,(H2,15,19). The molecule has 0 aliphatic rings. The lowest BCUT2D eigenvalue weighted by atomic mass is 10.2. The fraction of sp³-hybridized carbons (Fsp3) is 0.231. The lowest BCUT2D eigenvalue weighted by molar-refractivity contribution is 0.758. The van der Waals surface area contributed by atoms with Gasteiger partial charge >= 0.3 is 0 Å². The monoisotopic (exact) mass is 294 g/mol. The van der Waals surface area contributed by atoms with Crippen LogP contribution < -0.4 is 11.1 Å². The highest BCUT2D eigenvalue weighted by atomic mass is 35.5. The lowest BCUT2D eigenvalue weighted by Gasteiger charge is -2.09. The molecule has 0 bridgehead atoms. The molecule has 0 amide bonds. The smallest absolute Gasteiger partial charge is 0.134 e. The first kappa shape index (κ1) is 13.8. The van der Waals surface area contributed by atoms with Crippen molar-refractivity contribution >= 4 is 34.6 Å². The van der Waals surface area contributed by atoms with Gasteiger partial charge < -0.3 is 11.1 Å². The van der Waals surface area contributed by atoms with Crippen LogP contribution in [0.4, 0.5) is 5.82 Å². The van der Waals surface area contributed by atoms with E-state index in [1.165, 1.54) is 0 Å². The molecule has 100 valence electrons. The molecular weight excluding hydrogens is 280 g/mol. The summed E-state index contributed by atoms with van der Waals surface area (Å²) in [5.41, 5.74) is 8.49. The third-order valence-corrected chi connectivity index (χ3v) is 3.30. The van der Waals surface area contributed by atoms with Crippen LogP contribution in [0.5, 0.6) is 0 Å². The van der Waals surface area contributed by atoms with Gasteiger partial charge in [-0.05, 0) is 24.6 Å². The number of nitrogens with one attached hydrogen (secondary N) is 1. The second-order valence-electron chi connectivity index (χ2n) is 4.28. The van der Waals surface area contributed by atoms with E-state index in [4.69, 9.17) is 29.6 Å². The summed E-state index contributed by atoms with van der Waals surface area (Å²) in [5.74, 6) is 0.833. The van der Waals surface area contributed by atoms with Gasteiger partial charge in [-0.25, -0.2) is 0 Å². The highest BCUT2D eigenvalue weighted by Crippen LogP contribution is 2.19. The van der Waals surface area contributed by atoms with Crippen LogP contribution in [0.2, 0.25) is 5.02 Å². The van der Waals surface area contributed by atoms with Crippen LogP contribution in [0.3, 0.4) is 0 Å². The molecular formula is C13H15ClN4S. The normalized spacial score (nSPS) is 10.5. The second-order valence-corrected chi connectivity index (χ2v) is 5.15. The van der Waals surface area contributed by atoms with Crippen LogP contribution in [0.1, 0.15) is 16.8 Å². The molecule has 0 spiro atoms. The van der Waals surface area contributed by atoms with Gasteiger partial charge in [0.2, 0.25) is 0 Å². The van der Waals surface area contributed by atoms with Crippen molar-refractivity contribution in [2.24, 2.45) is 12.8 Å². The largest absolute Gasteiger partial charge is 0.389 e. The van der Waals surface area contributed by atoms with Crippen molar-refractivity contribution in [2.45, 2.75) is 13.5 Å². The number of nitrogens with two attached hydrogens (primary N) is 1. The maximum Gasteiger partial charge on any atom is 0.134 e. The van der Waals surface area contributed by atoms with Crippen molar-refractivity contribution in [3.63, 3.8) is 0 Å². The van der Waals surface area contributed by atoms with Gasteiger partial charge in [0.1, 0.15) is 10.8 Å². The van der Waals surface area contributed by atoms with Crippen LogP contribution >= 0.6 is 23.8 Å². The molecule has 0 saturated carbocycles. The minimum Gasteiger partial charge on any atom is -0.389 e. The molecule has 6 heteroatoms. The molecule has 3 N–H and O–H groups in total. The number of anilines is 1. The lowest BCUT2D eigenvalue weighted by Crippen LogP contribution is -2.14. The maximum absolute atomic E-state index is 5.86. The Labute approximate surface area is 122 Å². The van der Waals surface area contributed by atoms with Crippen molar-refractivity contribution in [1.29, 1.82) is 0 Å². The number of thiocarbonyl (C=S) groups is 1. The summed E-state index contributed by atoms with van der Waals surface area (Å²) in [6.07, 6.45) is 0. The van der Waals surface area contributed by atoms with Gasteiger partial charge in [-0.2, -0.15) is 5.10 Å². The molecule has 0 atom stereocenters. The molecule has 4 nitrogen and oxygen atoms in total. The van der Waals surface area contributed by atoms with E-state index in [0.717, 1.165) is 27.7 Å². The van der Waals surface area contributed by atoms with E-state index in [-0.39, 0.29) is 0 Å². The number of aromatic nitrogens is 2. The third-order valence-electron chi connectivity index (χ3n) is 2.84.